The van der Waals surface area contributed by atoms with Gasteiger partial charge in [-0.15, -0.1) is 0 Å². The van der Waals surface area contributed by atoms with Crippen LogP contribution in [0.25, 0.3) is 0 Å². The molecule has 0 spiro atoms. The summed E-state index contributed by atoms with van der Waals surface area (Å²) in [6.45, 7) is 7.15. The Kier molecular flexibility index (Phi) is 3.94. The molecule has 92 valence electrons. The van der Waals surface area contributed by atoms with Gasteiger partial charge in [-0.05, 0) is 18.8 Å². The van der Waals surface area contributed by atoms with Gasteiger partial charge in [0.2, 0.25) is 5.91 Å². The van der Waals surface area contributed by atoms with Crippen molar-refractivity contribution in [3.8, 4) is 0 Å². The first-order chi connectivity index (χ1) is 7.30. The fourth-order valence-electron chi connectivity index (χ4n) is 2.06. The third-order valence-corrected chi connectivity index (χ3v) is 3.01. The molecule has 1 rings (SSSR count). The van der Waals surface area contributed by atoms with E-state index in [2.05, 4.69) is 0 Å². The second kappa shape index (κ2) is 4.85. The minimum Gasteiger partial charge on any atom is -0.481 e. The summed E-state index contributed by atoms with van der Waals surface area (Å²) in [7, 11) is 0. The van der Waals surface area contributed by atoms with Crippen molar-refractivity contribution in [2.75, 3.05) is 13.1 Å². The van der Waals surface area contributed by atoms with E-state index < -0.39 is 5.97 Å². The first-order valence-corrected chi connectivity index (χ1v) is 5.82. The molecule has 0 aliphatic carbocycles. The quantitative estimate of drug-likeness (QED) is 0.781. The van der Waals surface area contributed by atoms with Crippen LogP contribution in [0.3, 0.4) is 0 Å². The zero-order valence-corrected chi connectivity index (χ0v) is 10.3. The van der Waals surface area contributed by atoms with Gasteiger partial charge in [0.15, 0.2) is 0 Å². The lowest BCUT2D eigenvalue weighted by atomic mass is 9.90. The van der Waals surface area contributed by atoms with E-state index in [0.717, 1.165) is 12.8 Å². The smallest absolute Gasteiger partial charge is 0.303 e. The number of carboxylic acids is 1. The van der Waals surface area contributed by atoms with Gasteiger partial charge in [0.25, 0.3) is 0 Å². The molecular weight excluding hydrogens is 206 g/mol. The highest BCUT2D eigenvalue weighted by atomic mass is 16.4. The Hall–Kier alpha value is -1.06. The van der Waals surface area contributed by atoms with Gasteiger partial charge in [-0.25, -0.2) is 0 Å². The number of carboxylic acid groups (broad SMARTS) is 1. The van der Waals surface area contributed by atoms with Crippen LogP contribution in [-0.2, 0) is 9.59 Å². The number of hydrogen-bond donors (Lipinski definition) is 1. The van der Waals surface area contributed by atoms with Crippen molar-refractivity contribution in [1.29, 1.82) is 0 Å². The van der Waals surface area contributed by atoms with E-state index in [9.17, 15) is 9.59 Å². The van der Waals surface area contributed by atoms with E-state index in [1.807, 2.05) is 25.7 Å². The maximum absolute atomic E-state index is 12.0. The van der Waals surface area contributed by atoms with Crippen LogP contribution in [0.15, 0.2) is 0 Å². The Balaban J connectivity index is 2.43. The summed E-state index contributed by atoms with van der Waals surface area (Å²) in [6, 6.07) is 0. The predicted molar refractivity (Wildman–Crippen MR) is 61.0 cm³/mol. The second-order valence-electron chi connectivity index (χ2n) is 5.58. The topological polar surface area (TPSA) is 57.6 Å². The van der Waals surface area contributed by atoms with Crippen LogP contribution >= 0.6 is 0 Å². The van der Waals surface area contributed by atoms with E-state index in [1.54, 1.807) is 0 Å². The third-order valence-electron chi connectivity index (χ3n) is 3.01. The Morgan fingerprint density at radius 1 is 1.25 bits per heavy atom. The first kappa shape index (κ1) is 13.0. The Bertz CT molecular complexity index is 272. The molecule has 4 nitrogen and oxygen atoms in total. The van der Waals surface area contributed by atoms with Gasteiger partial charge >= 0.3 is 5.97 Å². The average molecular weight is 227 g/mol. The van der Waals surface area contributed by atoms with Crippen LogP contribution in [0, 0.1) is 11.3 Å². The molecule has 0 radical (unpaired) electrons. The first-order valence-electron chi connectivity index (χ1n) is 5.82. The number of carbonyl (C=O) groups is 2. The van der Waals surface area contributed by atoms with Crippen LogP contribution in [-0.4, -0.2) is 35.0 Å². The molecule has 0 aromatic rings. The Morgan fingerprint density at radius 3 is 2.12 bits per heavy atom. The van der Waals surface area contributed by atoms with Gasteiger partial charge < -0.3 is 10.0 Å². The Morgan fingerprint density at radius 2 is 1.75 bits per heavy atom. The van der Waals surface area contributed by atoms with Gasteiger partial charge in [0.05, 0.1) is 0 Å². The van der Waals surface area contributed by atoms with Crippen LogP contribution in [0.1, 0.15) is 40.0 Å². The molecule has 0 aromatic heterocycles. The van der Waals surface area contributed by atoms with E-state index in [4.69, 9.17) is 5.11 Å². The zero-order chi connectivity index (χ0) is 12.3. The van der Waals surface area contributed by atoms with Crippen molar-refractivity contribution in [2.45, 2.75) is 40.0 Å². The van der Waals surface area contributed by atoms with Crippen LogP contribution in [0.2, 0.25) is 0 Å². The maximum atomic E-state index is 12.0. The molecule has 1 fully saturated rings. The number of carbonyl (C=O) groups excluding carboxylic acids is 1. The highest BCUT2D eigenvalue weighted by Gasteiger charge is 2.30. The summed E-state index contributed by atoms with van der Waals surface area (Å²) >= 11 is 0. The third kappa shape index (κ3) is 3.51. The molecule has 4 heteroatoms. The number of piperidine rings is 1. The molecule has 0 aromatic carbocycles. The molecule has 0 bridgehead atoms. The average Bonchev–Trinajstić information content (AvgIpc) is 2.15. The summed E-state index contributed by atoms with van der Waals surface area (Å²) in [5, 5.41) is 8.69. The molecule has 1 N–H and O–H groups in total. The van der Waals surface area contributed by atoms with Crippen molar-refractivity contribution in [1.82, 2.24) is 4.90 Å². The molecule has 16 heavy (non-hydrogen) atoms. The predicted octanol–water partition coefficient (Wildman–Crippen LogP) is 1.75. The zero-order valence-electron chi connectivity index (χ0n) is 10.3. The maximum Gasteiger partial charge on any atom is 0.303 e. The SMILES string of the molecule is CC(C)(C)C(=O)N1CCC(CC(=O)O)CC1. The van der Waals surface area contributed by atoms with Crippen LogP contribution in [0.4, 0.5) is 0 Å². The largest absolute Gasteiger partial charge is 0.481 e. The summed E-state index contributed by atoms with van der Waals surface area (Å²) in [6.07, 6.45) is 1.86. The highest BCUT2D eigenvalue weighted by Crippen LogP contribution is 2.24. The minimum absolute atomic E-state index is 0.168. The number of amides is 1. The minimum atomic E-state index is -0.736. The van der Waals surface area contributed by atoms with Crippen molar-refractivity contribution in [3.05, 3.63) is 0 Å². The van der Waals surface area contributed by atoms with E-state index >= 15 is 0 Å². The summed E-state index contributed by atoms with van der Waals surface area (Å²) in [5.74, 6) is -0.330. The Labute approximate surface area is 96.6 Å². The number of hydrogen-bond acceptors (Lipinski definition) is 2. The van der Waals surface area contributed by atoms with Gasteiger partial charge in [-0.2, -0.15) is 0 Å². The molecular formula is C12H21NO3. The second-order valence-corrected chi connectivity index (χ2v) is 5.58. The fraction of sp³-hybridized carbons (Fsp3) is 0.833. The summed E-state index contributed by atoms with van der Waals surface area (Å²) in [4.78, 5) is 24.4. The fourth-order valence-corrected chi connectivity index (χ4v) is 2.06. The van der Waals surface area contributed by atoms with Crippen molar-refractivity contribution < 1.29 is 14.7 Å². The van der Waals surface area contributed by atoms with Gasteiger partial charge in [0, 0.05) is 24.9 Å². The molecule has 1 amide bonds. The van der Waals surface area contributed by atoms with Crippen LogP contribution < -0.4 is 0 Å². The summed E-state index contributed by atoms with van der Waals surface area (Å²) < 4.78 is 0. The molecule has 1 aliphatic rings. The molecule has 1 heterocycles. The summed E-state index contributed by atoms with van der Waals surface area (Å²) in [5.41, 5.74) is -0.334. The van der Waals surface area contributed by atoms with Crippen molar-refractivity contribution in [3.63, 3.8) is 0 Å². The van der Waals surface area contributed by atoms with Gasteiger partial charge in [-0.1, -0.05) is 20.8 Å². The molecule has 1 aliphatic heterocycles. The van der Waals surface area contributed by atoms with Gasteiger partial charge in [0.1, 0.15) is 0 Å². The number of rotatable bonds is 2. The van der Waals surface area contributed by atoms with E-state index in [-0.39, 0.29) is 23.7 Å². The molecule has 0 atom stereocenters. The lowest BCUT2D eigenvalue weighted by molar-refractivity contribution is -0.141. The number of likely N-dealkylation sites (tertiary alicyclic amines) is 1. The standard InChI is InChI=1S/C12H21NO3/c1-12(2,3)11(16)13-6-4-9(5-7-13)8-10(14)15/h9H,4-8H2,1-3H3,(H,14,15). The van der Waals surface area contributed by atoms with Crippen molar-refractivity contribution in [2.24, 2.45) is 11.3 Å². The normalized spacial score (nSPS) is 18.6. The van der Waals surface area contributed by atoms with E-state index in [0.29, 0.717) is 13.1 Å². The molecule has 0 saturated carbocycles. The van der Waals surface area contributed by atoms with Crippen molar-refractivity contribution >= 4 is 11.9 Å². The number of nitrogens with zero attached hydrogens (tertiary/aromatic N) is 1. The molecule has 1 saturated heterocycles. The van der Waals surface area contributed by atoms with E-state index in [1.165, 1.54) is 0 Å². The van der Waals surface area contributed by atoms with Crippen LogP contribution in [0.5, 0.6) is 0 Å². The lowest BCUT2D eigenvalue weighted by Crippen LogP contribution is -2.44. The van der Waals surface area contributed by atoms with Gasteiger partial charge in [-0.3, -0.25) is 9.59 Å². The monoisotopic (exact) mass is 227 g/mol. The lowest BCUT2D eigenvalue weighted by Gasteiger charge is -2.35. The highest BCUT2D eigenvalue weighted by molar-refractivity contribution is 5.81. The molecule has 0 unspecified atom stereocenters. The number of aliphatic carboxylic acids is 1.